The maximum atomic E-state index is 3.86. The summed E-state index contributed by atoms with van der Waals surface area (Å²) in [5.74, 6) is 0. The van der Waals surface area contributed by atoms with Crippen LogP contribution < -0.4 is 5.32 Å². The molecule has 75 valence electrons. The minimum Gasteiger partial charge on any atom is -0.384 e. The summed E-state index contributed by atoms with van der Waals surface area (Å²) >= 11 is 0. The van der Waals surface area contributed by atoms with E-state index in [4.69, 9.17) is 0 Å². The third-order valence-corrected chi connectivity index (χ3v) is 2.85. The third kappa shape index (κ3) is 2.09. The van der Waals surface area contributed by atoms with Crippen molar-refractivity contribution in [1.82, 2.24) is 0 Å². The Morgan fingerprint density at radius 2 is 2.21 bits per heavy atom. The molecular formula is C13H18N. The normalized spacial score (nSPS) is 13.8. The van der Waals surface area contributed by atoms with Crippen LogP contribution >= 0.6 is 0 Å². The van der Waals surface area contributed by atoms with Gasteiger partial charge in [0.15, 0.2) is 0 Å². The number of hydrogen-bond donors (Lipinski definition) is 1. The van der Waals surface area contributed by atoms with Crippen LogP contribution in [0.4, 0.5) is 5.69 Å². The molecule has 1 aliphatic heterocycles. The minimum atomic E-state index is 1.06. The minimum absolute atomic E-state index is 1.06. The molecule has 0 saturated carbocycles. The zero-order chi connectivity index (χ0) is 9.80. The van der Waals surface area contributed by atoms with Crippen LogP contribution in [0.5, 0.6) is 0 Å². The molecular weight excluding hydrogens is 170 g/mol. The lowest BCUT2D eigenvalue weighted by atomic mass is 10.0. The van der Waals surface area contributed by atoms with E-state index in [-0.39, 0.29) is 0 Å². The lowest BCUT2D eigenvalue weighted by Crippen LogP contribution is -1.92. The number of anilines is 1. The van der Waals surface area contributed by atoms with Crippen LogP contribution in [0.1, 0.15) is 30.4 Å². The highest BCUT2D eigenvalue weighted by molar-refractivity contribution is 5.57. The van der Waals surface area contributed by atoms with Crippen molar-refractivity contribution in [3.05, 3.63) is 36.2 Å². The number of aryl methyl sites for hydroxylation is 1. The zero-order valence-corrected chi connectivity index (χ0v) is 8.68. The van der Waals surface area contributed by atoms with E-state index in [0.717, 1.165) is 13.0 Å². The second-order valence-corrected chi connectivity index (χ2v) is 3.98. The first-order valence-electron chi connectivity index (χ1n) is 5.55. The molecule has 1 radical (unpaired) electrons. The lowest BCUT2D eigenvalue weighted by Gasteiger charge is -2.04. The van der Waals surface area contributed by atoms with Crippen molar-refractivity contribution in [2.45, 2.75) is 32.1 Å². The predicted octanol–water partition coefficient (Wildman–Crippen LogP) is 3.20. The molecule has 14 heavy (non-hydrogen) atoms. The van der Waals surface area contributed by atoms with Gasteiger partial charge in [-0.2, -0.15) is 0 Å². The Hall–Kier alpha value is -0.980. The summed E-state index contributed by atoms with van der Waals surface area (Å²) in [5.41, 5.74) is 4.30. The third-order valence-electron chi connectivity index (χ3n) is 2.85. The van der Waals surface area contributed by atoms with E-state index in [0.29, 0.717) is 0 Å². The molecule has 0 aliphatic carbocycles. The molecule has 1 aromatic carbocycles. The van der Waals surface area contributed by atoms with E-state index in [9.17, 15) is 0 Å². The summed E-state index contributed by atoms with van der Waals surface area (Å²) in [6.07, 6.45) is 5.95. The van der Waals surface area contributed by atoms with Crippen molar-refractivity contribution >= 4 is 5.69 Å². The Morgan fingerprint density at radius 3 is 3.07 bits per heavy atom. The molecule has 1 aromatic rings. The Morgan fingerprint density at radius 1 is 1.29 bits per heavy atom. The molecule has 0 aromatic heterocycles. The van der Waals surface area contributed by atoms with Crippen LogP contribution in [0.3, 0.4) is 0 Å². The second-order valence-electron chi connectivity index (χ2n) is 3.98. The van der Waals surface area contributed by atoms with Crippen molar-refractivity contribution in [2.75, 3.05) is 11.9 Å². The number of benzene rings is 1. The largest absolute Gasteiger partial charge is 0.384 e. The smallest absolute Gasteiger partial charge is 0.0376 e. The second kappa shape index (κ2) is 4.50. The predicted molar refractivity (Wildman–Crippen MR) is 61.5 cm³/mol. The summed E-state index contributed by atoms with van der Waals surface area (Å²) in [6.45, 7) is 4.97. The molecule has 0 bridgehead atoms. The highest BCUT2D eigenvalue weighted by atomic mass is 14.9. The number of rotatable bonds is 4. The van der Waals surface area contributed by atoms with Crippen molar-refractivity contribution in [3.8, 4) is 0 Å². The maximum absolute atomic E-state index is 3.86. The molecule has 0 unspecified atom stereocenters. The Kier molecular flexibility index (Phi) is 3.07. The summed E-state index contributed by atoms with van der Waals surface area (Å²) in [7, 11) is 0. The summed E-state index contributed by atoms with van der Waals surface area (Å²) in [6, 6.07) is 6.86. The number of hydrogen-bond acceptors (Lipinski definition) is 1. The highest BCUT2D eigenvalue weighted by Crippen LogP contribution is 2.23. The molecule has 1 aliphatic rings. The van der Waals surface area contributed by atoms with Gasteiger partial charge >= 0.3 is 0 Å². The van der Waals surface area contributed by atoms with Gasteiger partial charge in [-0.05, 0) is 36.5 Å². The summed E-state index contributed by atoms with van der Waals surface area (Å²) in [5, 5.41) is 3.42. The Balaban J connectivity index is 1.98. The number of unbranched alkanes of at least 4 members (excludes halogenated alkanes) is 2. The lowest BCUT2D eigenvalue weighted by molar-refractivity contribution is 0.746. The van der Waals surface area contributed by atoms with E-state index in [1.807, 2.05) is 0 Å². The van der Waals surface area contributed by atoms with Gasteiger partial charge in [0, 0.05) is 12.2 Å². The number of nitrogens with one attached hydrogen (secondary N) is 1. The van der Waals surface area contributed by atoms with Crippen LogP contribution in [0, 0.1) is 6.92 Å². The highest BCUT2D eigenvalue weighted by Gasteiger charge is 2.09. The van der Waals surface area contributed by atoms with Gasteiger partial charge < -0.3 is 5.32 Å². The fourth-order valence-electron chi connectivity index (χ4n) is 2.00. The van der Waals surface area contributed by atoms with Gasteiger partial charge in [-0.3, -0.25) is 0 Å². The van der Waals surface area contributed by atoms with Crippen LogP contribution in [0.2, 0.25) is 0 Å². The standard InChI is InChI=1S/C13H18N/c1-2-3-4-5-11-6-7-12-8-9-14-13(12)10-11/h6-7,10,14H,1-5,8-9H2. The fourth-order valence-corrected chi connectivity index (χ4v) is 2.00. The SMILES string of the molecule is [CH2]CCCCc1ccc2c(c1)NCC2. The number of fused-ring (bicyclic) bond motifs is 1. The molecule has 0 fully saturated rings. The van der Waals surface area contributed by atoms with Gasteiger partial charge in [-0.25, -0.2) is 0 Å². The van der Waals surface area contributed by atoms with Gasteiger partial charge in [0.1, 0.15) is 0 Å². The van der Waals surface area contributed by atoms with Crippen molar-refractivity contribution in [2.24, 2.45) is 0 Å². The van der Waals surface area contributed by atoms with E-state index >= 15 is 0 Å². The molecule has 1 heterocycles. The Labute approximate surface area is 86.5 Å². The summed E-state index contributed by atoms with van der Waals surface area (Å²) < 4.78 is 0. The molecule has 1 heteroatoms. The van der Waals surface area contributed by atoms with E-state index in [2.05, 4.69) is 30.4 Å². The molecule has 1 N–H and O–H groups in total. The fraction of sp³-hybridized carbons (Fsp3) is 0.462. The van der Waals surface area contributed by atoms with Gasteiger partial charge in [-0.15, -0.1) is 0 Å². The van der Waals surface area contributed by atoms with Gasteiger partial charge in [0.2, 0.25) is 0 Å². The van der Waals surface area contributed by atoms with E-state index in [1.54, 1.807) is 0 Å². The molecule has 0 spiro atoms. The first-order chi connectivity index (χ1) is 6.90. The van der Waals surface area contributed by atoms with Crippen molar-refractivity contribution in [1.29, 1.82) is 0 Å². The Bertz CT molecular complexity index is 304. The van der Waals surface area contributed by atoms with Crippen molar-refractivity contribution in [3.63, 3.8) is 0 Å². The molecule has 2 rings (SSSR count). The van der Waals surface area contributed by atoms with Crippen molar-refractivity contribution < 1.29 is 0 Å². The average Bonchev–Trinajstić information content (AvgIpc) is 2.65. The molecule has 0 saturated heterocycles. The molecule has 1 nitrogen and oxygen atoms in total. The average molecular weight is 188 g/mol. The van der Waals surface area contributed by atoms with Crippen LogP contribution in [-0.4, -0.2) is 6.54 Å². The van der Waals surface area contributed by atoms with Crippen LogP contribution in [0.25, 0.3) is 0 Å². The monoisotopic (exact) mass is 188 g/mol. The van der Waals surface area contributed by atoms with Crippen LogP contribution in [-0.2, 0) is 12.8 Å². The van der Waals surface area contributed by atoms with Crippen LogP contribution in [0.15, 0.2) is 18.2 Å². The maximum Gasteiger partial charge on any atom is 0.0376 e. The van der Waals surface area contributed by atoms with E-state index < -0.39 is 0 Å². The quantitative estimate of drug-likeness (QED) is 0.715. The first-order valence-corrected chi connectivity index (χ1v) is 5.55. The van der Waals surface area contributed by atoms with E-state index in [1.165, 1.54) is 42.5 Å². The molecule has 0 amide bonds. The van der Waals surface area contributed by atoms with Gasteiger partial charge in [0.05, 0.1) is 0 Å². The summed E-state index contributed by atoms with van der Waals surface area (Å²) in [4.78, 5) is 0. The first kappa shape index (κ1) is 9.57. The molecule has 0 atom stereocenters. The topological polar surface area (TPSA) is 12.0 Å². The van der Waals surface area contributed by atoms with Gasteiger partial charge in [0.25, 0.3) is 0 Å². The zero-order valence-electron chi connectivity index (χ0n) is 8.68. The van der Waals surface area contributed by atoms with Gasteiger partial charge in [-0.1, -0.05) is 31.9 Å².